The van der Waals surface area contributed by atoms with E-state index in [0.29, 0.717) is 10.9 Å². The van der Waals surface area contributed by atoms with E-state index in [1.165, 1.54) is 4.90 Å². The van der Waals surface area contributed by atoms with Gasteiger partial charge in [0, 0.05) is 23.4 Å². The van der Waals surface area contributed by atoms with Crippen molar-refractivity contribution in [1.82, 2.24) is 9.80 Å². The fraction of sp³-hybridized carbons (Fsp3) is 0.414. The van der Waals surface area contributed by atoms with Crippen LogP contribution in [0, 0.1) is 11.8 Å². The van der Waals surface area contributed by atoms with Gasteiger partial charge in [0.15, 0.2) is 11.4 Å². The van der Waals surface area contributed by atoms with Gasteiger partial charge in [-0.15, -0.1) is 0 Å². The number of phenolic OH excluding ortho intramolecular Hbond substituents is 1. The zero-order chi connectivity index (χ0) is 28.0. The molecule has 0 unspecified atom stereocenters. The van der Waals surface area contributed by atoms with Crippen LogP contribution in [0.4, 0.5) is 0 Å². The van der Waals surface area contributed by atoms with E-state index in [0.717, 1.165) is 37.0 Å². The number of Topliss-reactive ketones (excluding diaryl/α,β-unsaturated/α-hetero) is 2. The van der Waals surface area contributed by atoms with Gasteiger partial charge in [-0.1, -0.05) is 18.2 Å². The summed E-state index contributed by atoms with van der Waals surface area (Å²) in [5.74, 6) is -6.43. The zero-order valence-electron chi connectivity index (χ0n) is 21.8. The number of benzene rings is 2. The lowest BCUT2D eigenvalue weighted by atomic mass is 9.57. The van der Waals surface area contributed by atoms with Gasteiger partial charge >= 0.3 is 0 Å². The molecule has 3 aliphatic carbocycles. The highest BCUT2D eigenvalue weighted by molar-refractivity contribution is 6.24. The Hall–Kier alpha value is -3.73. The number of fused-ring (bicyclic) bond motifs is 4. The van der Waals surface area contributed by atoms with Gasteiger partial charge in [-0.05, 0) is 74.9 Å². The second-order valence-electron chi connectivity index (χ2n) is 11.4. The standard InChI is InChI=1S/C29H31N3O7/c1-31(2)22-18-11-15-9-14-10-17-13(12-32-7-4-8-32)5-3-6-16(17)23(33)19(14)24(34)20(15)26(36)29(18,39)27(37)21(25(22)35)28(30)38/h3,5-6,10,15,18,22,33-34,37,39H,4,7-9,11-12H2,1-2H3,(H2,30,38)/t15-,18-,22-,29-/m0/s1. The van der Waals surface area contributed by atoms with Gasteiger partial charge in [0.05, 0.1) is 11.6 Å². The molecule has 0 bridgehead atoms. The van der Waals surface area contributed by atoms with Crippen molar-refractivity contribution in [2.75, 3.05) is 27.2 Å². The van der Waals surface area contributed by atoms with Crippen molar-refractivity contribution in [3.63, 3.8) is 0 Å². The Bertz CT molecular complexity index is 1540. The summed E-state index contributed by atoms with van der Waals surface area (Å²) >= 11 is 0. The Kier molecular flexibility index (Phi) is 5.66. The molecule has 2 fully saturated rings. The summed E-state index contributed by atoms with van der Waals surface area (Å²) in [5.41, 5.74) is 3.58. The molecule has 6 N–H and O–H groups in total. The van der Waals surface area contributed by atoms with Crippen LogP contribution >= 0.6 is 0 Å². The molecule has 39 heavy (non-hydrogen) atoms. The van der Waals surface area contributed by atoms with Gasteiger partial charge in [-0.25, -0.2) is 0 Å². The van der Waals surface area contributed by atoms with E-state index in [1.54, 1.807) is 20.2 Å². The monoisotopic (exact) mass is 533 g/mol. The molecular formula is C29H31N3O7. The van der Waals surface area contributed by atoms with Crippen LogP contribution in [0.15, 0.2) is 41.2 Å². The molecule has 10 nitrogen and oxygen atoms in total. The smallest absolute Gasteiger partial charge is 0.255 e. The molecule has 2 aromatic carbocycles. The summed E-state index contributed by atoms with van der Waals surface area (Å²) < 4.78 is 0. The van der Waals surface area contributed by atoms with Crippen molar-refractivity contribution < 1.29 is 34.8 Å². The lowest BCUT2D eigenvalue weighted by Gasteiger charge is -2.50. The van der Waals surface area contributed by atoms with Gasteiger partial charge in [0.2, 0.25) is 5.78 Å². The number of carbonyl (C=O) groups is 3. The fourth-order valence-electron chi connectivity index (χ4n) is 7.02. The highest BCUT2D eigenvalue weighted by Crippen LogP contribution is 2.53. The highest BCUT2D eigenvalue weighted by Gasteiger charge is 2.64. The van der Waals surface area contributed by atoms with Crippen LogP contribution in [-0.2, 0) is 27.3 Å². The van der Waals surface area contributed by atoms with Crippen LogP contribution in [-0.4, -0.2) is 86.5 Å². The number of carbonyl (C=O) groups excluding carboxylic acids is 3. The number of primary amides is 1. The summed E-state index contributed by atoms with van der Waals surface area (Å²) in [6, 6.07) is 6.45. The van der Waals surface area contributed by atoms with Gasteiger partial charge in [0.1, 0.15) is 22.8 Å². The van der Waals surface area contributed by atoms with Crippen LogP contribution in [0.3, 0.4) is 0 Å². The lowest BCUT2D eigenvalue weighted by Crippen LogP contribution is -2.65. The number of phenols is 1. The van der Waals surface area contributed by atoms with Gasteiger partial charge in [0.25, 0.3) is 5.91 Å². The Morgan fingerprint density at radius 1 is 1.15 bits per heavy atom. The first kappa shape index (κ1) is 25.5. The van der Waals surface area contributed by atoms with Crippen molar-refractivity contribution in [3.8, 4) is 5.75 Å². The molecule has 1 saturated heterocycles. The molecule has 1 amide bonds. The van der Waals surface area contributed by atoms with Crippen molar-refractivity contribution in [2.45, 2.75) is 37.5 Å². The average Bonchev–Trinajstić information content (AvgIpc) is 2.83. The number of nitrogens with two attached hydrogens (primary N) is 1. The summed E-state index contributed by atoms with van der Waals surface area (Å²) in [5, 5.41) is 46.8. The topological polar surface area (TPSA) is 165 Å². The number of amides is 1. The third-order valence-electron chi connectivity index (χ3n) is 9.00. The first-order valence-electron chi connectivity index (χ1n) is 13.1. The molecule has 1 heterocycles. The van der Waals surface area contributed by atoms with E-state index in [-0.39, 0.29) is 29.7 Å². The molecule has 6 rings (SSSR count). The predicted molar refractivity (Wildman–Crippen MR) is 142 cm³/mol. The van der Waals surface area contributed by atoms with Gasteiger partial charge in [-0.2, -0.15) is 0 Å². The number of likely N-dealkylation sites (N-methyl/N-ethyl adjacent to an activating group) is 1. The third-order valence-corrected chi connectivity index (χ3v) is 9.00. The number of hydrogen-bond donors (Lipinski definition) is 5. The molecule has 2 aromatic rings. The van der Waals surface area contributed by atoms with E-state index in [2.05, 4.69) is 4.90 Å². The Labute approximate surface area is 224 Å². The van der Waals surface area contributed by atoms with Crippen LogP contribution in [0.2, 0.25) is 0 Å². The number of hydrogen-bond acceptors (Lipinski definition) is 9. The molecule has 0 spiro atoms. The Balaban J connectivity index is 1.53. The van der Waals surface area contributed by atoms with Crippen molar-refractivity contribution in [3.05, 3.63) is 57.9 Å². The highest BCUT2D eigenvalue weighted by atomic mass is 16.3. The number of aromatic hydroxyl groups is 1. The average molecular weight is 534 g/mol. The molecule has 10 heteroatoms. The molecule has 1 saturated carbocycles. The summed E-state index contributed by atoms with van der Waals surface area (Å²) in [7, 11) is 3.16. The minimum absolute atomic E-state index is 0.0694. The van der Waals surface area contributed by atoms with E-state index in [1.807, 2.05) is 18.2 Å². The number of rotatable bonds is 4. The maximum atomic E-state index is 13.9. The van der Waals surface area contributed by atoms with Crippen LogP contribution < -0.4 is 5.73 Å². The summed E-state index contributed by atoms with van der Waals surface area (Å²) in [6.07, 6.45) is 1.49. The van der Waals surface area contributed by atoms with E-state index in [9.17, 15) is 34.8 Å². The second kappa shape index (κ2) is 8.64. The molecule has 4 atom stereocenters. The molecule has 4 aliphatic rings. The fourth-order valence-corrected chi connectivity index (χ4v) is 7.02. The molecule has 204 valence electrons. The number of aliphatic hydroxyl groups excluding tert-OH is 2. The first-order valence-corrected chi connectivity index (χ1v) is 13.1. The van der Waals surface area contributed by atoms with Crippen molar-refractivity contribution in [1.29, 1.82) is 0 Å². The van der Waals surface area contributed by atoms with E-state index < -0.39 is 58.0 Å². The van der Waals surface area contributed by atoms with E-state index in [4.69, 9.17) is 5.73 Å². The van der Waals surface area contributed by atoms with Gasteiger partial charge in [-0.3, -0.25) is 24.2 Å². The van der Waals surface area contributed by atoms with Crippen LogP contribution in [0.5, 0.6) is 5.75 Å². The summed E-state index contributed by atoms with van der Waals surface area (Å²) in [6.45, 7) is 2.76. The Morgan fingerprint density at radius 2 is 1.87 bits per heavy atom. The number of likely N-dealkylation sites (tertiary alicyclic amines) is 1. The molecule has 1 aliphatic heterocycles. The minimum atomic E-state index is -2.64. The van der Waals surface area contributed by atoms with Gasteiger partial charge < -0.3 is 26.2 Å². The maximum Gasteiger partial charge on any atom is 0.255 e. The minimum Gasteiger partial charge on any atom is -0.508 e. The largest absolute Gasteiger partial charge is 0.508 e. The molecule has 0 radical (unpaired) electrons. The lowest BCUT2D eigenvalue weighted by molar-refractivity contribution is -0.153. The quantitative estimate of drug-likeness (QED) is 0.365. The first-order chi connectivity index (χ1) is 18.5. The number of nitrogens with zero attached hydrogens (tertiary/aromatic N) is 2. The van der Waals surface area contributed by atoms with E-state index >= 15 is 0 Å². The predicted octanol–water partition coefficient (Wildman–Crippen LogP) is 1.32. The molecular weight excluding hydrogens is 502 g/mol. The normalized spacial score (nSPS) is 28.9. The third kappa shape index (κ3) is 3.41. The number of aliphatic hydroxyl groups is 3. The second-order valence-corrected chi connectivity index (χ2v) is 11.4. The number of ketones is 2. The van der Waals surface area contributed by atoms with Crippen molar-refractivity contribution in [2.24, 2.45) is 17.6 Å². The van der Waals surface area contributed by atoms with Crippen LogP contribution in [0.25, 0.3) is 16.5 Å². The zero-order valence-corrected chi connectivity index (χ0v) is 21.8. The Morgan fingerprint density at radius 3 is 2.49 bits per heavy atom. The van der Waals surface area contributed by atoms with Crippen molar-refractivity contribution >= 4 is 34.0 Å². The maximum absolute atomic E-state index is 13.9. The van der Waals surface area contributed by atoms with Crippen LogP contribution in [0.1, 0.15) is 29.5 Å². The molecule has 0 aromatic heterocycles. The summed E-state index contributed by atoms with van der Waals surface area (Å²) in [4.78, 5) is 43.1. The SMILES string of the molecule is CN(C)[C@@H]1C(=O)C(C(N)=O)=C(O)[C@@]2(O)C(=O)C3=C(O)c4c(cc5c(CN6CCC6)cccc5c4O)C[C@H]3C[C@@H]12.